The summed E-state index contributed by atoms with van der Waals surface area (Å²) in [6.45, 7) is 6.84. The van der Waals surface area contributed by atoms with Gasteiger partial charge < -0.3 is 5.73 Å². The summed E-state index contributed by atoms with van der Waals surface area (Å²) in [5.74, 6) is 0. The molecular formula is C15H19BrClN3. The Labute approximate surface area is 133 Å². The molecule has 108 valence electrons. The largest absolute Gasteiger partial charge is 0.324 e. The summed E-state index contributed by atoms with van der Waals surface area (Å²) in [6, 6.07) is 6.16. The molecule has 3 nitrogen and oxygen atoms in total. The maximum absolute atomic E-state index is 6.35. The van der Waals surface area contributed by atoms with Gasteiger partial charge in [-0.1, -0.05) is 33.6 Å². The Hall–Kier alpha value is -0.840. The maximum Gasteiger partial charge on any atom is 0.0847 e. The normalized spacial score (nSPS) is 12.7. The molecule has 0 radical (unpaired) electrons. The maximum atomic E-state index is 6.35. The van der Waals surface area contributed by atoms with Crippen LogP contribution in [0.5, 0.6) is 0 Å². The van der Waals surface area contributed by atoms with Gasteiger partial charge in [0.15, 0.2) is 0 Å². The number of benzene rings is 1. The van der Waals surface area contributed by atoms with E-state index in [-0.39, 0.29) is 6.04 Å². The molecule has 2 N–H and O–H groups in total. The highest BCUT2D eigenvalue weighted by Crippen LogP contribution is 2.27. The number of aryl methyl sites for hydroxylation is 3. The zero-order valence-electron chi connectivity index (χ0n) is 12.0. The molecule has 20 heavy (non-hydrogen) atoms. The van der Waals surface area contributed by atoms with Crippen LogP contribution in [0, 0.1) is 13.8 Å². The third kappa shape index (κ3) is 3.25. The van der Waals surface area contributed by atoms with E-state index in [2.05, 4.69) is 53.1 Å². The van der Waals surface area contributed by atoms with E-state index in [0.29, 0.717) is 6.42 Å². The van der Waals surface area contributed by atoms with E-state index in [9.17, 15) is 0 Å². The van der Waals surface area contributed by atoms with Gasteiger partial charge in [-0.05, 0) is 44.0 Å². The van der Waals surface area contributed by atoms with E-state index < -0.39 is 0 Å². The van der Waals surface area contributed by atoms with Crippen LogP contribution in [0.3, 0.4) is 0 Å². The lowest BCUT2D eigenvalue weighted by molar-refractivity contribution is 0.587. The summed E-state index contributed by atoms with van der Waals surface area (Å²) < 4.78 is 2.98. The van der Waals surface area contributed by atoms with Crippen molar-refractivity contribution in [1.82, 2.24) is 9.78 Å². The van der Waals surface area contributed by atoms with Gasteiger partial charge in [0.2, 0.25) is 0 Å². The number of nitrogens with zero attached hydrogens (tertiary/aromatic N) is 2. The number of halogens is 2. The van der Waals surface area contributed by atoms with Gasteiger partial charge in [-0.3, -0.25) is 4.68 Å². The van der Waals surface area contributed by atoms with Gasteiger partial charge in [-0.15, -0.1) is 0 Å². The van der Waals surface area contributed by atoms with Crippen molar-refractivity contribution in [2.45, 2.75) is 39.8 Å². The van der Waals surface area contributed by atoms with Crippen LogP contribution in [0.1, 0.15) is 35.5 Å². The molecule has 1 heterocycles. The van der Waals surface area contributed by atoms with Crippen LogP contribution < -0.4 is 5.73 Å². The summed E-state index contributed by atoms with van der Waals surface area (Å²) in [5.41, 5.74) is 10.5. The molecule has 0 aliphatic rings. The van der Waals surface area contributed by atoms with Gasteiger partial charge in [0, 0.05) is 23.5 Å². The van der Waals surface area contributed by atoms with Crippen LogP contribution in [0.4, 0.5) is 0 Å². The minimum Gasteiger partial charge on any atom is -0.324 e. The van der Waals surface area contributed by atoms with Crippen molar-refractivity contribution < 1.29 is 0 Å². The molecule has 5 heteroatoms. The molecule has 0 amide bonds. The standard InChI is InChI=1S/C15H19BrClN3/c1-4-20-14(15(17)10(3)19-20)8-13(18)11-5-9(2)6-12(16)7-11/h5-7,13H,4,8,18H2,1-3H3. The predicted octanol–water partition coefficient (Wildman–Crippen LogP) is 4.18. The van der Waals surface area contributed by atoms with Crippen molar-refractivity contribution >= 4 is 27.5 Å². The molecule has 1 aromatic heterocycles. The lowest BCUT2D eigenvalue weighted by Crippen LogP contribution is -2.16. The molecule has 0 aliphatic heterocycles. The van der Waals surface area contributed by atoms with E-state index in [1.807, 2.05) is 11.6 Å². The Bertz CT molecular complexity index is 602. The summed E-state index contributed by atoms with van der Waals surface area (Å²) in [6.07, 6.45) is 0.684. The third-order valence-corrected chi connectivity index (χ3v) is 4.31. The molecule has 2 aromatic rings. The molecule has 2 rings (SSSR count). The first-order valence-corrected chi connectivity index (χ1v) is 7.84. The highest BCUT2D eigenvalue weighted by molar-refractivity contribution is 9.10. The molecular weight excluding hydrogens is 338 g/mol. The summed E-state index contributed by atoms with van der Waals surface area (Å²) in [5, 5.41) is 5.16. The van der Waals surface area contributed by atoms with Gasteiger partial charge in [-0.2, -0.15) is 5.10 Å². The van der Waals surface area contributed by atoms with Crippen molar-refractivity contribution in [1.29, 1.82) is 0 Å². The number of nitrogens with two attached hydrogens (primary N) is 1. The van der Waals surface area contributed by atoms with Crippen LogP contribution >= 0.6 is 27.5 Å². The molecule has 1 atom stereocenters. The third-order valence-electron chi connectivity index (χ3n) is 3.36. The van der Waals surface area contributed by atoms with E-state index in [1.54, 1.807) is 0 Å². The number of hydrogen-bond acceptors (Lipinski definition) is 2. The van der Waals surface area contributed by atoms with Crippen molar-refractivity contribution in [3.05, 3.63) is 50.2 Å². The fourth-order valence-electron chi connectivity index (χ4n) is 2.37. The number of hydrogen-bond donors (Lipinski definition) is 1. The minimum absolute atomic E-state index is 0.0925. The van der Waals surface area contributed by atoms with Gasteiger partial charge in [-0.25, -0.2) is 0 Å². The zero-order chi connectivity index (χ0) is 14.9. The quantitative estimate of drug-likeness (QED) is 0.893. The lowest BCUT2D eigenvalue weighted by atomic mass is 10.0. The number of aromatic nitrogens is 2. The van der Waals surface area contributed by atoms with Crippen molar-refractivity contribution in [2.75, 3.05) is 0 Å². The van der Waals surface area contributed by atoms with Crippen LogP contribution in [-0.4, -0.2) is 9.78 Å². The average molecular weight is 357 g/mol. The van der Waals surface area contributed by atoms with Gasteiger partial charge in [0.05, 0.1) is 16.4 Å². The Morgan fingerprint density at radius 1 is 1.35 bits per heavy atom. The second kappa shape index (κ2) is 6.29. The predicted molar refractivity (Wildman–Crippen MR) is 87.2 cm³/mol. The molecule has 0 saturated heterocycles. The fourth-order valence-corrected chi connectivity index (χ4v) is 3.21. The van der Waals surface area contributed by atoms with Crippen molar-refractivity contribution in [3.8, 4) is 0 Å². The zero-order valence-corrected chi connectivity index (χ0v) is 14.3. The average Bonchev–Trinajstić information content (AvgIpc) is 2.65. The highest BCUT2D eigenvalue weighted by Gasteiger charge is 2.17. The topological polar surface area (TPSA) is 43.8 Å². The first-order valence-electron chi connectivity index (χ1n) is 6.66. The second-order valence-corrected chi connectivity index (χ2v) is 6.33. The first-order chi connectivity index (χ1) is 9.42. The Morgan fingerprint density at radius 2 is 2.05 bits per heavy atom. The lowest BCUT2D eigenvalue weighted by Gasteiger charge is -2.14. The van der Waals surface area contributed by atoms with Crippen LogP contribution in [0.2, 0.25) is 5.02 Å². The van der Waals surface area contributed by atoms with Gasteiger partial charge >= 0.3 is 0 Å². The second-order valence-electron chi connectivity index (χ2n) is 5.03. The van der Waals surface area contributed by atoms with E-state index in [0.717, 1.165) is 33.0 Å². The Kier molecular flexibility index (Phi) is 4.89. The molecule has 0 aliphatic carbocycles. The van der Waals surface area contributed by atoms with E-state index in [4.69, 9.17) is 17.3 Å². The monoisotopic (exact) mass is 355 g/mol. The molecule has 1 aromatic carbocycles. The smallest absolute Gasteiger partial charge is 0.0847 e. The van der Waals surface area contributed by atoms with E-state index in [1.165, 1.54) is 5.56 Å². The molecule has 0 fully saturated rings. The summed E-state index contributed by atoms with van der Waals surface area (Å²) in [4.78, 5) is 0. The Balaban J connectivity index is 2.29. The molecule has 0 bridgehead atoms. The number of rotatable bonds is 4. The van der Waals surface area contributed by atoms with Gasteiger partial charge in [0.25, 0.3) is 0 Å². The fraction of sp³-hybridized carbons (Fsp3) is 0.400. The van der Waals surface area contributed by atoms with E-state index >= 15 is 0 Å². The van der Waals surface area contributed by atoms with Crippen LogP contribution in [-0.2, 0) is 13.0 Å². The molecule has 0 saturated carbocycles. The van der Waals surface area contributed by atoms with Crippen LogP contribution in [0.25, 0.3) is 0 Å². The molecule has 1 unspecified atom stereocenters. The summed E-state index contributed by atoms with van der Waals surface area (Å²) >= 11 is 9.85. The highest BCUT2D eigenvalue weighted by atomic mass is 79.9. The summed E-state index contributed by atoms with van der Waals surface area (Å²) in [7, 11) is 0. The van der Waals surface area contributed by atoms with Crippen molar-refractivity contribution in [2.24, 2.45) is 5.73 Å². The Morgan fingerprint density at radius 3 is 2.65 bits per heavy atom. The minimum atomic E-state index is -0.0925. The van der Waals surface area contributed by atoms with Crippen molar-refractivity contribution in [3.63, 3.8) is 0 Å². The van der Waals surface area contributed by atoms with Crippen LogP contribution in [0.15, 0.2) is 22.7 Å². The van der Waals surface area contributed by atoms with Gasteiger partial charge in [0.1, 0.15) is 0 Å². The SMILES string of the molecule is CCn1nc(C)c(Cl)c1CC(N)c1cc(C)cc(Br)c1. The molecule has 0 spiro atoms. The first kappa shape index (κ1) is 15.5.